The molecule has 0 spiro atoms. The minimum absolute atomic E-state index is 0.0368. The van der Waals surface area contributed by atoms with Crippen molar-refractivity contribution < 1.29 is 0 Å². The van der Waals surface area contributed by atoms with Crippen molar-refractivity contribution in [2.75, 3.05) is 24.5 Å². The molecule has 0 unspecified atom stereocenters. The SMILES string of the molecule is CC1CCN(c2nc3c(c(=O)[nH]2)CCN(Cc2ccc(Cl)cc2)C3)CC1. The summed E-state index contributed by atoms with van der Waals surface area (Å²) in [6.45, 7) is 6.67. The van der Waals surface area contributed by atoms with Crippen LogP contribution in [-0.2, 0) is 19.5 Å². The van der Waals surface area contributed by atoms with Gasteiger partial charge in [0.2, 0.25) is 5.95 Å². The van der Waals surface area contributed by atoms with Crippen molar-refractivity contribution in [2.45, 2.75) is 39.3 Å². The summed E-state index contributed by atoms with van der Waals surface area (Å²) in [4.78, 5) is 25.0. The number of piperidine rings is 1. The van der Waals surface area contributed by atoms with E-state index >= 15 is 0 Å². The maximum Gasteiger partial charge on any atom is 0.255 e. The van der Waals surface area contributed by atoms with Crippen LogP contribution >= 0.6 is 11.6 Å². The number of aromatic amines is 1. The van der Waals surface area contributed by atoms with Crippen molar-refractivity contribution in [2.24, 2.45) is 5.92 Å². The van der Waals surface area contributed by atoms with Gasteiger partial charge < -0.3 is 4.90 Å². The van der Waals surface area contributed by atoms with Crippen molar-refractivity contribution in [1.82, 2.24) is 14.9 Å². The van der Waals surface area contributed by atoms with E-state index in [2.05, 4.69) is 33.8 Å². The molecule has 0 bridgehead atoms. The lowest BCUT2D eigenvalue weighted by molar-refractivity contribution is 0.240. The number of halogens is 1. The Labute approximate surface area is 159 Å². The van der Waals surface area contributed by atoms with E-state index in [0.717, 1.165) is 80.1 Å². The summed E-state index contributed by atoms with van der Waals surface area (Å²) >= 11 is 5.97. The van der Waals surface area contributed by atoms with Gasteiger partial charge in [-0.1, -0.05) is 30.7 Å². The molecule has 0 saturated carbocycles. The largest absolute Gasteiger partial charge is 0.342 e. The fraction of sp³-hybridized carbons (Fsp3) is 0.500. The summed E-state index contributed by atoms with van der Waals surface area (Å²) in [6, 6.07) is 7.97. The van der Waals surface area contributed by atoms with E-state index in [-0.39, 0.29) is 5.56 Å². The molecule has 1 N–H and O–H groups in total. The molecule has 6 heteroatoms. The molecule has 26 heavy (non-hydrogen) atoms. The lowest BCUT2D eigenvalue weighted by atomic mass is 9.99. The van der Waals surface area contributed by atoms with Gasteiger partial charge in [0.15, 0.2) is 0 Å². The van der Waals surface area contributed by atoms with Gasteiger partial charge in [-0.25, -0.2) is 4.98 Å². The molecule has 2 aliphatic heterocycles. The zero-order valence-corrected chi connectivity index (χ0v) is 15.9. The van der Waals surface area contributed by atoms with Crippen LogP contribution in [0.25, 0.3) is 0 Å². The van der Waals surface area contributed by atoms with Crippen LogP contribution in [0.1, 0.15) is 36.6 Å². The van der Waals surface area contributed by atoms with Crippen molar-refractivity contribution >= 4 is 17.5 Å². The Morgan fingerprint density at radius 2 is 1.92 bits per heavy atom. The molecular formula is C20H25ClN4O. The van der Waals surface area contributed by atoms with Gasteiger partial charge in [0.05, 0.1) is 5.69 Å². The minimum Gasteiger partial charge on any atom is -0.342 e. The van der Waals surface area contributed by atoms with Gasteiger partial charge in [0.1, 0.15) is 0 Å². The first-order valence-electron chi connectivity index (χ1n) is 9.42. The Kier molecular flexibility index (Phi) is 5.00. The normalized spacial score (nSPS) is 18.8. The molecule has 0 radical (unpaired) electrons. The zero-order valence-electron chi connectivity index (χ0n) is 15.2. The maximum absolute atomic E-state index is 12.5. The van der Waals surface area contributed by atoms with Gasteiger partial charge in [-0.15, -0.1) is 0 Å². The number of rotatable bonds is 3. The zero-order chi connectivity index (χ0) is 18.1. The van der Waals surface area contributed by atoms with Crippen LogP contribution in [0, 0.1) is 5.92 Å². The number of hydrogen-bond acceptors (Lipinski definition) is 4. The number of fused-ring (bicyclic) bond motifs is 1. The highest BCUT2D eigenvalue weighted by Gasteiger charge is 2.24. The highest BCUT2D eigenvalue weighted by molar-refractivity contribution is 6.30. The molecule has 1 aromatic carbocycles. The number of nitrogens with one attached hydrogen (secondary N) is 1. The number of H-pyrrole nitrogens is 1. The van der Waals surface area contributed by atoms with Crippen LogP contribution in [0.5, 0.6) is 0 Å². The predicted octanol–water partition coefficient (Wildman–Crippen LogP) is 3.22. The van der Waals surface area contributed by atoms with Gasteiger partial charge in [0, 0.05) is 43.3 Å². The Morgan fingerprint density at radius 1 is 1.19 bits per heavy atom. The summed E-state index contributed by atoms with van der Waals surface area (Å²) in [6.07, 6.45) is 3.07. The fourth-order valence-electron chi connectivity index (χ4n) is 3.83. The molecule has 138 valence electrons. The van der Waals surface area contributed by atoms with Crippen LogP contribution in [0.3, 0.4) is 0 Å². The summed E-state index contributed by atoms with van der Waals surface area (Å²) in [5, 5.41) is 0.756. The summed E-state index contributed by atoms with van der Waals surface area (Å²) in [5.74, 6) is 1.50. The van der Waals surface area contributed by atoms with Gasteiger partial charge >= 0.3 is 0 Å². The Hall–Kier alpha value is -1.85. The van der Waals surface area contributed by atoms with Crippen molar-refractivity contribution in [3.05, 3.63) is 56.5 Å². The topological polar surface area (TPSA) is 52.2 Å². The van der Waals surface area contributed by atoms with Gasteiger partial charge in [-0.3, -0.25) is 14.7 Å². The summed E-state index contributed by atoms with van der Waals surface area (Å²) in [7, 11) is 0. The van der Waals surface area contributed by atoms with Crippen molar-refractivity contribution in [3.8, 4) is 0 Å². The Balaban J connectivity index is 1.52. The monoisotopic (exact) mass is 372 g/mol. The second-order valence-electron chi connectivity index (χ2n) is 7.57. The third-order valence-electron chi connectivity index (χ3n) is 5.54. The highest BCUT2D eigenvalue weighted by Crippen LogP contribution is 2.22. The Bertz CT molecular complexity index is 825. The first-order chi connectivity index (χ1) is 12.6. The fourth-order valence-corrected chi connectivity index (χ4v) is 3.96. The molecule has 0 aliphatic carbocycles. The predicted molar refractivity (Wildman–Crippen MR) is 105 cm³/mol. The number of anilines is 1. The quantitative estimate of drug-likeness (QED) is 0.898. The van der Waals surface area contributed by atoms with E-state index in [1.165, 1.54) is 5.56 Å². The first-order valence-corrected chi connectivity index (χ1v) is 9.80. The number of aromatic nitrogens is 2. The molecular weight excluding hydrogens is 348 g/mol. The average Bonchev–Trinajstić information content (AvgIpc) is 2.64. The van der Waals surface area contributed by atoms with E-state index < -0.39 is 0 Å². The highest BCUT2D eigenvalue weighted by atomic mass is 35.5. The first kappa shape index (κ1) is 17.6. The van der Waals surface area contributed by atoms with Gasteiger partial charge in [-0.05, 0) is 42.9 Å². The number of nitrogens with zero attached hydrogens (tertiary/aromatic N) is 3. The number of hydrogen-bond donors (Lipinski definition) is 1. The van der Waals surface area contributed by atoms with Crippen LogP contribution in [0.4, 0.5) is 5.95 Å². The average molecular weight is 373 g/mol. The van der Waals surface area contributed by atoms with Crippen LogP contribution in [0.2, 0.25) is 5.02 Å². The molecule has 2 aliphatic rings. The van der Waals surface area contributed by atoms with E-state index in [9.17, 15) is 4.79 Å². The minimum atomic E-state index is 0.0368. The Morgan fingerprint density at radius 3 is 2.65 bits per heavy atom. The van der Waals surface area contributed by atoms with Crippen LogP contribution < -0.4 is 10.5 Å². The summed E-state index contributed by atoms with van der Waals surface area (Å²) in [5.41, 5.74) is 3.05. The maximum atomic E-state index is 12.5. The van der Waals surface area contributed by atoms with Crippen molar-refractivity contribution in [1.29, 1.82) is 0 Å². The molecule has 0 atom stereocenters. The third-order valence-corrected chi connectivity index (χ3v) is 5.79. The van der Waals surface area contributed by atoms with Crippen LogP contribution in [-0.4, -0.2) is 34.5 Å². The molecule has 1 saturated heterocycles. The van der Waals surface area contributed by atoms with Crippen molar-refractivity contribution in [3.63, 3.8) is 0 Å². The molecule has 1 fully saturated rings. The second-order valence-corrected chi connectivity index (χ2v) is 8.01. The molecule has 3 heterocycles. The molecule has 4 rings (SSSR count). The summed E-state index contributed by atoms with van der Waals surface area (Å²) < 4.78 is 0. The van der Waals surface area contributed by atoms with E-state index in [4.69, 9.17) is 16.6 Å². The van der Waals surface area contributed by atoms with Gasteiger partial charge in [-0.2, -0.15) is 0 Å². The third kappa shape index (κ3) is 3.79. The standard InChI is InChI=1S/C20H25ClN4O/c1-14-6-10-25(11-7-14)20-22-18-13-24(9-8-17(18)19(26)23-20)12-15-2-4-16(21)5-3-15/h2-5,14H,6-13H2,1H3,(H,22,23,26). The van der Waals surface area contributed by atoms with E-state index in [1.54, 1.807) is 0 Å². The van der Waals surface area contributed by atoms with E-state index in [1.807, 2.05) is 12.1 Å². The molecule has 2 aromatic rings. The van der Waals surface area contributed by atoms with E-state index in [0.29, 0.717) is 0 Å². The number of benzene rings is 1. The lowest BCUT2D eigenvalue weighted by Gasteiger charge is -2.32. The smallest absolute Gasteiger partial charge is 0.255 e. The van der Waals surface area contributed by atoms with Crippen LogP contribution in [0.15, 0.2) is 29.1 Å². The lowest BCUT2D eigenvalue weighted by Crippen LogP contribution is -2.39. The molecule has 0 amide bonds. The molecule has 1 aromatic heterocycles. The van der Waals surface area contributed by atoms with Gasteiger partial charge in [0.25, 0.3) is 5.56 Å². The second kappa shape index (κ2) is 7.41. The molecule has 5 nitrogen and oxygen atoms in total.